The van der Waals surface area contributed by atoms with Gasteiger partial charge in [0, 0.05) is 26.7 Å². The topological polar surface area (TPSA) is 78.1 Å². The Hall–Kier alpha value is -1.12. The Balaban J connectivity index is 2.03. The van der Waals surface area contributed by atoms with Gasteiger partial charge in [-0.25, -0.2) is 14.8 Å². The largest absolute Gasteiger partial charge is 0.462 e. The molecular formula is C12H12BrN3O2S2. The lowest BCUT2D eigenvalue weighted by molar-refractivity contribution is 0.0526. The number of ether oxygens (including phenoxy) is 1. The third kappa shape index (κ3) is 3.94. The molecule has 2 heterocycles. The van der Waals surface area contributed by atoms with E-state index in [-0.39, 0.29) is 11.4 Å². The number of rotatable bonds is 5. The second-order valence-corrected chi connectivity index (χ2v) is 6.55. The van der Waals surface area contributed by atoms with E-state index in [1.807, 2.05) is 11.4 Å². The van der Waals surface area contributed by atoms with Crippen molar-refractivity contribution in [1.29, 1.82) is 0 Å². The van der Waals surface area contributed by atoms with Crippen molar-refractivity contribution in [3.8, 4) is 0 Å². The summed E-state index contributed by atoms with van der Waals surface area (Å²) < 4.78 is 5.94. The highest BCUT2D eigenvalue weighted by molar-refractivity contribution is 9.10. The van der Waals surface area contributed by atoms with E-state index in [0.717, 1.165) is 10.2 Å². The Labute approximate surface area is 133 Å². The van der Waals surface area contributed by atoms with Crippen LogP contribution >= 0.6 is 39.0 Å². The molecule has 0 unspecified atom stereocenters. The van der Waals surface area contributed by atoms with Gasteiger partial charge in [0.05, 0.1) is 6.61 Å². The lowest BCUT2D eigenvalue weighted by atomic mass is 10.3. The fourth-order valence-corrected chi connectivity index (χ4v) is 3.71. The maximum atomic E-state index is 11.6. The van der Waals surface area contributed by atoms with E-state index >= 15 is 0 Å². The van der Waals surface area contributed by atoms with E-state index < -0.39 is 5.97 Å². The summed E-state index contributed by atoms with van der Waals surface area (Å²) in [6, 6.07) is 2.05. The number of nitrogens with two attached hydrogens (primary N) is 1. The maximum absolute atomic E-state index is 11.6. The van der Waals surface area contributed by atoms with Crippen molar-refractivity contribution in [3.63, 3.8) is 0 Å². The van der Waals surface area contributed by atoms with Gasteiger partial charge in [0.2, 0.25) is 0 Å². The van der Waals surface area contributed by atoms with Crippen molar-refractivity contribution in [3.05, 3.63) is 32.6 Å². The van der Waals surface area contributed by atoms with E-state index in [0.29, 0.717) is 11.8 Å². The molecule has 0 saturated carbocycles. The first-order valence-corrected chi connectivity index (χ1v) is 8.41. The molecule has 0 radical (unpaired) electrons. The predicted molar refractivity (Wildman–Crippen MR) is 84.0 cm³/mol. The Bertz CT molecular complexity index is 618. The summed E-state index contributed by atoms with van der Waals surface area (Å²) in [4.78, 5) is 21.0. The quantitative estimate of drug-likeness (QED) is 0.491. The number of nitrogen functional groups attached to an aromatic ring is 1. The molecular weight excluding hydrogens is 362 g/mol. The third-order valence-electron chi connectivity index (χ3n) is 2.26. The Morgan fingerprint density at radius 3 is 3.00 bits per heavy atom. The van der Waals surface area contributed by atoms with Gasteiger partial charge in [0.15, 0.2) is 5.16 Å². The highest BCUT2D eigenvalue weighted by Crippen LogP contribution is 2.27. The van der Waals surface area contributed by atoms with Crippen LogP contribution in [-0.2, 0) is 10.5 Å². The predicted octanol–water partition coefficient (Wildman–Crippen LogP) is 3.35. The monoisotopic (exact) mass is 373 g/mol. The number of carbonyl (C=O) groups is 1. The van der Waals surface area contributed by atoms with Crippen molar-refractivity contribution < 1.29 is 9.53 Å². The number of nitrogens with zero attached hydrogens (tertiary/aromatic N) is 2. The second-order valence-electron chi connectivity index (χ2n) is 3.69. The molecule has 0 aliphatic heterocycles. The van der Waals surface area contributed by atoms with Gasteiger partial charge >= 0.3 is 5.97 Å². The minimum atomic E-state index is -0.497. The number of thioether (sulfide) groups is 1. The molecule has 5 nitrogen and oxygen atoms in total. The van der Waals surface area contributed by atoms with E-state index in [9.17, 15) is 4.79 Å². The molecule has 2 rings (SSSR count). The average Bonchev–Trinajstić information content (AvgIpc) is 2.82. The smallest absolute Gasteiger partial charge is 0.343 e. The van der Waals surface area contributed by atoms with Crippen LogP contribution in [0.4, 0.5) is 5.82 Å². The van der Waals surface area contributed by atoms with Gasteiger partial charge < -0.3 is 10.5 Å². The van der Waals surface area contributed by atoms with Gasteiger partial charge in [-0.2, -0.15) is 0 Å². The molecule has 8 heteroatoms. The molecule has 0 bridgehead atoms. The Morgan fingerprint density at radius 2 is 2.40 bits per heavy atom. The summed E-state index contributed by atoms with van der Waals surface area (Å²) in [5.74, 6) is 0.408. The lowest BCUT2D eigenvalue weighted by Crippen LogP contribution is -2.10. The SMILES string of the molecule is CCOC(=O)c1cnc(SCc2cc(Br)cs2)nc1N. The summed E-state index contributed by atoms with van der Waals surface area (Å²) in [5.41, 5.74) is 5.96. The van der Waals surface area contributed by atoms with E-state index in [2.05, 4.69) is 25.9 Å². The number of aromatic nitrogens is 2. The van der Waals surface area contributed by atoms with Gasteiger partial charge in [-0.05, 0) is 28.9 Å². The van der Waals surface area contributed by atoms with Crippen molar-refractivity contribution in [2.45, 2.75) is 17.8 Å². The van der Waals surface area contributed by atoms with Crippen LogP contribution in [0.1, 0.15) is 22.2 Å². The first kappa shape index (κ1) is 15.3. The molecule has 0 aromatic carbocycles. The van der Waals surface area contributed by atoms with Crippen LogP contribution in [0.3, 0.4) is 0 Å². The van der Waals surface area contributed by atoms with E-state index in [4.69, 9.17) is 10.5 Å². The summed E-state index contributed by atoms with van der Waals surface area (Å²) >= 11 is 6.54. The van der Waals surface area contributed by atoms with Crippen LogP contribution in [0.2, 0.25) is 0 Å². The van der Waals surface area contributed by atoms with Gasteiger partial charge in [-0.1, -0.05) is 11.8 Å². The van der Waals surface area contributed by atoms with Crippen LogP contribution in [-0.4, -0.2) is 22.5 Å². The first-order chi connectivity index (χ1) is 9.60. The van der Waals surface area contributed by atoms with Crippen LogP contribution in [0.25, 0.3) is 0 Å². The molecule has 106 valence electrons. The van der Waals surface area contributed by atoms with Crippen molar-refractivity contribution in [1.82, 2.24) is 9.97 Å². The second kappa shape index (κ2) is 7.05. The fraction of sp³-hybridized carbons (Fsp3) is 0.250. The highest BCUT2D eigenvalue weighted by atomic mass is 79.9. The fourth-order valence-electron chi connectivity index (χ4n) is 1.38. The molecule has 0 aliphatic carbocycles. The van der Waals surface area contributed by atoms with Crippen LogP contribution < -0.4 is 5.73 Å². The van der Waals surface area contributed by atoms with Crippen molar-refractivity contribution >= 4 is 50.8 Å². The van der Waals surface area contributed by atoms with Crippen LogP contribution in [0.5, 0.6) is 0 Å². The number of hydrogen-bond donors (Lipinski definition) is 1. The number of halogens is 1. The van der Waals surface area contributed by atoms with Crippen molar-refractivity contribution in [2.75, 3.05) is 12.3 Å². The molecule has 0 atom stereocenters. The van der Waals surface area contributed by atoms with Crippen LogP contribution in [0.15, 0.2) is 27.3 Å². The number of thiophene rings is 1. The molecule has 2 aromatic heterocycles. The lowest BCUT2D eigenvalue weighted by Gasteiger charge is -2.05. The Kier molecular flexibility index (Phi) is 5.38. The maximum Gasteiger partial charge on any atom is 0.343 e. The summed E-state index contributed by atoms with van der Waals surface area (Å²) in [6.45, 7) is 2.03. The van der Waals surface area contributed by atoms with E-state index in [1.165, 1.54) is 22.8 Å². The molecule has 0 fully saturated rings. The Morgan fingerprint density at radius 1 is 1.60 bits per heavy atom. The minimum absolute atomic E-state index is 0.147. The zero-order chi connectivity index (χ0) is 14.5. The first-order valence-electron chi connectivity index (χ1n) is 5.75. The zero-order valence-electron chi connectivity index (χ0n) is 10.6. The molecule has 2 N–H and O–H groups in total. The normalized spacial score (nSPS) is 10.5. The molecule has 2 aromatic rings. The number of esters is 1. The molecule has 0 amide bonds. The van der Waals surface area contributed by atoms with Crippen LogP contribution in [0, 0.1) is 0 Å². The number of anilines is 1. The molecule has 0 aliphatic rings. The molecule has 20 heavy (non-hydrogen) atoms. The summed E-state index contributed by atoms with van der Waals surface area (Å²) in [5, 5.41) is 2.56. The zero-order valence-corrected chi connectivity index (χ0v) is 13.8. The van der Waals surface area contributed by atoms with Gasteiger partial charge in [0.1, 0.15) is 11.4 Å². The van der Waals surface area contributed by atoms with Gasteiger partial charge in [-0.15, -0.1) is 11.3 Å². The number of carbonyl (C=O) groups excluding carboxylic acids is 1. The van der Waals surface area contributed by atoms with Gasteiger partial charge in [-0.3, -0.25) is 0 Å². The average molecular weight is 374 g/mol. The van der Waals surface area contributed by atoms with E-state index in [1.54, 1.807) is 18.3 Å². The number of hydrogen-bond acceptors (Lipinski definition) is 7. The molecule has 0 saturated heterocycles. The summed E-state index contributed by atoms with van der Waals surface area (Å²) in [6.07, 6.45) is 1.41. The van der Waals surface area contributed by atoms with Crippen molar-refractivity contribution in [2.24, 2.45) is 0 Å². The standard InChI is InChI=1S/C12H12BrN3O2S2/c1-2-18-11(17)9-4-15-12(16-10(9)14)20-6-8-3-7(13)5-19-8/h3-5H,2,6H2,1H3,(H2,14,15,16). The van der Waals surface area contributed by atoms with Gasteiger partial charge in [0.25, 0.3) is 0 Å². The highest BCUT2D eigenvalue weighted by Gasteiger charge is 2.13. The third-order valence-corrected chi connectivity index (χ3v) is 5.05. The molecule has 0 spiro atoms. The minimum Gasteiger partial charge on any atom is -0.462 e. The summed E-state index contributed by atoms with van der Waals surface area (Å²) in [7, 11) is 0.